The Morgan fingerprint density at radius 2 is 1.22 bits per heavy atom. The van der Waals surface area contributed by atoms with E-state index < -0.39 is 0 Å². The summed E-state index contributed by atoms with van der Waals surface area (Å²) in [6, 6.07) is 20.1. The Kier molecular flexibility index (Phi) is 2.84. The number of aromatic nitrogens is 2. The van der Waals surface area contributed by atoms with E-state index in [4.69, 9.17) is 0 Å². The monoisotopic (exact) mass is 231 g/mol. The van der Waals surface area contributed by atoms with E-state index in [1.807, 2.05) is 60.7 Å². The lowest BCUT2D eigenvalue weighted by molar-refractivity contribution is 1.20. The molecule has 2 nitrogen and oxygen atoms in total. The average Bonchev–Trinajstić information content (AvgIpc) is 2.49. The molecule has 1 aromatic heterocycles. The molecule has 0 N–H and O–H groups in total. The molecule has 18 heavy (non-hydrogen) atoms. The fraction of sp³-hybridized carbons (Fsp3) is 0. The molecule has 0 fully saturated rings. The van der Waals surface area contributed by atoms with Crippen LogP contribution in [0.1, 0.15) is 0 Å². The summed E-state index contributed by atoms with van der Waals surface area (Å²) < 4.78 is 0. The fourth-order valence-electron chi connectivity index (χ4n) is 1.91. The maximum Gasteiger partial charge on any atom is 0.109 e. The lowest BCUT2D eigenvalue weighted by Gasteiger charge is -2.06. The molecule has 1 heterocycles. The van der Waals surface area contributed by atoms with Gasteiger partial charge in [-0.05, 0) is 0 Å². The zero-order valence-electron chi connectivity index (χ0n) is 9.75. The van der Waals surface area contributed by atoms with Crippen molar-refractivity contribution in [3.05, 3.63) is 73.1 Å². The normalized spacial score (nSPS) is 10.2. The highest BCUT2D eigenvalue weighted by atomic mass is 14.8. The van der Waals surface area contributed by atoms with Gasteiger partial charge < -0.3 is 0 Å². The van der Waals surface area contributed by atoms with Gasteiger partial charge in [0.2, 0.25) is 0 Å². The number of hydrogen-bond acceptors (Lipinski definition) is 2. The highest BCUT2D eigenvalue weighted by Gasteiger charge is 2.08. The standard InChI is InChI=1S/C16H11N2/c1-3-7-13(8-4-1)15-16(18-12-11-17-15)14-9-5-2-6-10-14/h1-11H. The van der Waals surface area contributed by atoms with E-state index in [1.165, 1.54) is 0 Å². The van der Waals surface area contributed by atoms with E-state index in [1.54, 1.807) is 6.20 Å². The lowest BCUT2D eigenvalue weighted by atomic mass is 10.0. The quantitative estimate of drug-likeness (QED) is 0.673. The molecule has 0 bridgehead atoms. The van der Waals surface area contributed by atoms with E-state index in [-0.39, 0.29) is 0 Å². The average molecular weight is 231 g/mol. The van der Waals surface area contributed by atoms with E-state index in [0.29, 0.717) is 0 Å². The first-order chi connectivity index (χ1) is 8.95. The van der Waals surface area contributed by atoms with Crippen LogP contribution in [0.2, 0.25) is 0 Å². The predicted octanol–water partition coefficient (Wildman–Crippen LogP) is 3.61. The molecule has 3 aromatic rings. The van der Waals surface area contributed by atoms with E-state index in [2.05, 4.69) is 16.2 Å². The van der Waals surface area contributed by atoms with E-state index in [0.717, 1.165) is 22.5 Å². The Morgan fingerprint density at radius 1 is 0.667 bits per heavy atom. The summed E-state index contributed by atoms with van der Waals surface area (Å²) in [6.07, 6.45) is 4.41. The summed E-state index contributed by atoms with van der Waals surface area (Å²) in [5.74, 6) is 0. The molecular formula is C16H11N2. The molecule has 0 saturated heterocycles. The molecule has 0 saturated carbocycles. The second kappa shape index (κ2) is 4.80. The molecule has 1 radical (unpaired) electrons. The van der Waals surface area contributed by atoms with Crippen LogP contribution in [-0.4, -0.2) is 9.97 Å². The minimum Gasteiger partial charge on any atom is -0.252 e. The molecule has 0 aliphatic carbocycles. The zero-order chi connectivity index (χ0) is 12.2. The largest absolute Gasteiger partial charge is 0.252 e. The van der Waals surface area contributed by atoms with Crippen molar-refractivity contribution in [2.24, 2.45) is 0 Å². The SMILES string of the molecule is [c]1cnc(-c2ccccc2)c(-c2ccccc2)n1. The van der Waals surface area contributed by atoms with Gasteiger partial charge in [0.15, 0.2) is 0 Å². The predicted molar refractivity (Wildman–Crippen MR) is 71.7 cm³/mol. The van der Waals surface area contributed by atoms with Gasteiger partial charge in [-0.1, -0.05) is 60.7 Å². The second-order valence-corrected chi connectivity index (χ2v) is 3.93. The van der Waals surface area contributed by atoms with Crippen LogP contribution in [0.4, 0.5) is 0 Å². The second-order valence-electron chi connectivity index (χ2n) is 3.93. The Bertz CT molecular complexity index is 575. The fourth-order valence-corrected chi connectivity index (χ4v) is 1.91. The zero-order valence-corrected chi connectivity index (χ0v) is 9.75. The molecule has 85 valence electrons. The van der Waals surface area contributed by atoms with Crippen LogP contribution in [0.5, 0.6) is 0 Å². The topological polar surface area (TPSA) is 25.8 Å². The van der Waals surface area contributed by atoms with Crippen molar-refractivity contribution in [2.45, 2.75) is 0 Å². The van der Waals surface area contributed by atoms with Gasteiger partial charge >= 0.3 is 0 Å². The molecular weight excluding hydrogens is 220 g/mol. The first kappa shape index (κ1) is 10.7. The third-order valence-corrected chi connectivity index (χ3v) is 2.75. The van der Waals surface area contributed by atoms with Crippen molar-refractivity contribution in [1.29, 1.82) is 0 Å². The van der Waals surface area contributed by atoms with Crippen LogP contribution in [0.25, 0.3) is 22.5 Å². The van der Waals surface area contributed by atoms with Crippen molar-refractivity contribution in [3.63, 3.8) is 0 Å². The van der Waals surface area contributed by atoms with E-state index >= 15 is 0 Å². The van der Waals surface area contributed by atoms with E-state index in [9.17, 15) is 0 Å². The minimum absolute atomic E-state index is 0.865. The summed E-state index contributed by atoms with van der Waals surface area (Å²) in [5, 5.41) is 0. The summed E-state index contributed by atoms with van der Waals surface area (Å²) in [7, 11) is 0. The molecule has 0 unspecified atom stereocenters. The molecule has 0 aliphatic rings. The molecule has 2 aromatic carbocycles. The van der Waals surface area contributed by atoms with Gasteiger partial charge in [-0.2, -0.15) is 0 Å². The van der Waals surface area contributed by atoms with Gasteiger partial charge in [-0.15, -0.1) is 0 Å². The number of nitrogens with zero attached hydrogens (tertiary/aromatic N) is 2. The van der Waals surface area contributed by atoms with Gasteiger partial charge in [-0.3, -0.25) is 4.98 Å². The van der Waals surface area contributed by atoms with Gasteiger partial charge in [0.25, 0.3) is 0 Å². The van der Waals surface area contributed by atoms with Crippen LogP contribution in [0.15, 0.2) is 66.9 Å². The molecule has 3 rings (SSSR count). The highest BCUT2D eigenvalue weighted by molar-refractivity contribution is 5.77. The molecule has 0 spiro atoms. The highest BCUT2D eigenvalue weighted by Crippen LogP contribution is 2.27. The van der Waals surface area contributed by atoms with Crippen LogP contribution >= 0.6 is 0 Å². The van der Waals surface area contributed by atoms with Crippen molar-refractivity contribution >= 4 is 0 Å². The Balaban J connectivity index is 2.18. The lowest BCUT2D eigenvalue weighted by Crippen LogP contribution is -1.92. The van der Waals surface area contributed by atoms with Crippen molar-refractivity contribution in [2.75, 3.05) is 0 Å². The molecule has 2 heteroatoms. The van der Waals surface area contributed by atoms with Gasteiger partial charge in [0.05, 0.1) is 17.6 Å². The third-order valence-electron chi connectivity index (χ3n) is 2.75. The Hall–Kier alpha value is -2.48. The Morgan fingerprint density at radius 3 is 1.83 bits per heavy atom. The van der Waals surface area contributed by atoms with Crippen LogP contribution in [0, 0.1) is 6.20 Å². The smallest absolute Gasteiger partial charge is 0.109 e. The van der Waals surface area contributed by atoms with Crippen molar-refractivity contribution in [1.82, 2.24) is 9.97 Å². The van der Waals surface area contributed by atoms with Crippen LogP contribution < -0.4 is 0 Å². The summed E-state index contributed by atoms with van der Waals surface area (Å²) in [5.41, 5.74) is 3.88. The first-order valence-electron chi connectivity index (χ1n) is 5.79. The molecule has 0 amide bonds. The van der Waals surface area contributed by atoms with Crippen LogP contribution in [-0.2, 0) is 0 Å². The maximum atomic E-state index is 4.41. The summed E-state index contributed by atoms with van der Waals surface area (Å²) >= 11 is 0. The molecule has 0 atom stereocenters. The number of hydrogen-bond donors (Lipinski definition) is 0. The third kappa shape index (κ3) is 2.00. The Labute approximate surface area is 106 Å². The first-order valence-corrected chi connectivity index (χ1v) is 5.79. The van der Waals surface area contributed by atoms with Gasteiger partial charge in [-0.25, -0.2) is 4.98 Å². The summed E-state index contributed by atoms with van der Waals surface area (Å²) in [4.78, 5) is 8.75. The number of benzene rings is 2. The van der Waals surface area contributed by atoms with Crippen molar-refractivity contribution in [3.8, 4) is 22.5 Å². The van der Waals surface area contributed by atoms with Crippen molar-refractivity contribution < 1.29 is 0 Å². The van der Waals surface area contributed by atoms with Gasteiger partial charge in [0.1, 0.15) is 6.20 Å². The van der Waals surface area contributed by atoms with Crippen LogP contribution in [0.3, 0.4) is 0 Å². The minimum atomic E-state index is 0.865. The number of rotatable bonds is 2. The van der Waals surface area contributed by atoms with Gasteiger partial charge in [0, 0.05) is 11.1 Å². The molecule has 0 aliphatic heterocycles. The summed E-state index contributed by atoms with van der Waals surface area (Å²) in [6.45, 7) is 0. The maximum absolute atomic E-state index is 4.41.